The van der Waals surface area contributed by atoms with Gasteiger partial charge in [-0.25, -0.2) is 9.37 Å². The topological polar surface area (TPSA) is 47.2 Å². The summed E-state index contributed by atoms with van der Waals surface area (Å²) in [5.74, 6) is -0.396. The zero-order valence-electron chi connectivity index (χ0n) is 14.9. The largest absolute Gasteiger partial charge is 0.275 e. The van der Waals surface area contributed by atoms with E-state index in [2.05, 4.69) is 9.98 Å². The summed E-state index contributed by atoms with van der Waals surface area (Å²) in [5, 5.41) is 0.830. The molecule has 0 aliphatic heterocycles. The minimum atomic E-state index is -0.262. The van der Waals surface area contributed by atoms with Gasteiger partial charge in [-0.05, 0) is 50.6 Å². The van der Waals surface area contributed by atoms with Crippen LogP contribution in [0.5, 0.6) is 0 Å². The van der Waals surface area contributed by atoms with Gasteiger partial charge in [0.2, 0.25) is 0 Å². The number of carbonyl (C=O) groups excluding carboxylic acids is 1. The maximum atomic E-state index is 13.0. The van der Waals surface area contributed by atoms with Crippen LogP contribution in [0, 0.1) is 12.7 Å². The predicted molar refractivity (Wildman–Crippen MR) is 101 cm³/mol. The average molecular weight is 369 g/mol. The summed E-state index contributed by atoms with van der Waals surface area (Å²) in [4.78, 5) is 22.6. The molecule has 0 saturated heterocycles. The van der Waals surface area contributed by atoms with Crippen molar-refractivity contribution < 1.29 is 9.18 Å². The Kier molecular flexibility index (Phi) is 5.42. The molecule has 0 N–H and O–H groups in total. The van der Waals surface area contributed by atoms with Crippen molar-refractivity contribution in [1.29, 1.82) is 0 Å². The van der Waals surface area contributed by atoms with Gasteiger partial charge in [-0.2, -0.15) is 0 Å². The van der Waals surface area contributed by atoms with Crippen molar-refractivity contribution in [3.05, 3.63) is 81.1 Å². The Morgan fingerprint density at radius 1 is 1.23 bits per heavy atom. The van der Waals surface area contributed by atoms with Gasteiger partial charge >= 0.3 is 0 Å². The molecule has 0 amide bonds. The number of thiazole rings is 1. The third-order valence-electron chi connectivity index (χ3n) is 3.75. The minimum absolute atomic E-state index is 0.0908. The number of benzene rings is 1. The molecule has 0 aliphatic carbocycles. The third-order valence-corrected chi connectivity index (χ3v) is 4.90. The highest BCUT2D eigenvalue weighted by Crippen LogP contribution is 2.21. The number of hydrogen-bond donors (Lipinski definition) is 0. The van der Waals surface area contributed by atoms with Gasteiger partial charge in [0.1, 0.15) is 16.2 Å². The highest BCUT2D eigenvalue weighted by Gasteiger charge is 2.17. The number of pyridine rings is 1. The molecule has 2 heterocycles. The van der Waals surface area contributed by atoms with Crippen molar-refractivity contribution in [2.45, 2.75) is 33.2 Å². The number of aryl methyl sites for hydroxylation is 1. The first-order valence-electron chi connectivity index (χ1n) is 8.41. The molecule has 26 heavy (non-hydrogen) atoms. The normalized spacial score (nSPS) is 12.0. The molecule has 134 valence electrons. The van der Waals surface area contributed by atoms with E-state index < -0.39 is 0 Å². The van der Waals surface area contributed by atoms with Gasteiger partial charge in [0.25, 0.3) is 5.91 Å². The first kappa shape index (κ1) is 18.2. The van der Waals surface area contributed by atoms with Crippen molar-refractivity contribution in [3.8, 4) is 0 Å². The number of rotatable bonds is 4. The molecule has 0 aliphatic rings. The van der Waals surface area contributed by atoms with Crippen LogP contribution in [-0.2, 0) is 6.42 Å². The van der Waals surface area contributed by atoms with Crippen LogP contribution >= 0.6 is 11.3 Å². The Labute approximate surface area is 155 Å². The lowest BCUT2D eigenvalue weighted by Crippen LogP contribution is -2.28. The maximum absolute atomic E-state index is 13.0. The number of nitrogens with zero attached hydrogens (tertiary/aromatic N) is 3. The van der Waals surface area contributed by atoms with Crippen LogP contribution in [0.1, 0.15) is 39.8 Å². The molecule has 0 saturated carbocycles. The van der Waals surface area contributed by atoms with E-state index in [0.717, 1.165) is 10.6 Å². The number of carbonyl (C=O) groups is 1. The Bertz CT molecular complexity index is 987. The SMILES string of the molecule is Cc1nc(Cc2ccc(F)cc2)sc1C(=O)n1ccccc1=NC(C)C. The van der Waals surface area contributed by atoms with Gasteiger partial charge in [0.05, 0.1) is 10.7 Å². The summed E-state index contributed by atoms with van der Waals surface area (Å²) in [6.07, 6.45) is 2.30. The van der Waals surface area contributed by atoms with Gasteiger partial charge in [0, 0.05) is 18.7 Å². The number of aromatic nitrogens is 2. The van der Waals surface area contributed by atoms with Gasteiger partial charge in [-0.15, -0.1) is 11.3 Å². The fourth-order valence-electron chi connectivity index (χ4n) is 2.59. The molecule has 3 rings (SSSR count). The van der Waals surface area contributed by atoms with E-state index in [9.17, 15) is 9.18 Å². The van der Waals surface area contributed by atoms with Crippen LogP contribution < -0.4 is 5.49 Å². The van der Waals surface area contributed by atoms with Gasteiger partial charge in [0.15, 0.2) is 0 Å². The maximum Gasteiger partial charge on any atom is 0.275 e. The first-order valence-corrected chi connectivity index (χ1v) is 9.22. The second kappa shape index (κ2) is 7.74. The van der Waals surface area contributed by atoms with E-state index in [1.54, 1.807) is 22.9 Å². The van der Waals surface area contributed by atoms with Crippen LogP contribution in [0.25, 0.3) is 0 Å². The average Bonchev–Trinajstić information content (AvgIpc) is 2.96. The van der Waals surface area contributed by atoms with E-state index in [1.165, 1.54) is 23.5 Å². The Morgan fingerprint density at radius 3 is 2.65 bits per heavy atom. The van der Waals surface area contributed by atoms with E-state index in [4.69, 9.17) is 0 Å². The summed E-state index contributed by atoms with van der Waals surface area (Å²) in [6, 6.07) is 11.9. The standard InChI is InChI=1S/C20H20FN3OS/c1-13(2)22-17-6-4-5-11-24(17)20(25)19-14(3)23-18(26-19)12-15-7-9-16(21)10-8-15/h4-11,13H,12H2,1-3H3. The molecule has 0 radical (unpaired) electrons. The van der Waals surface area contributed by atoms with E-state index in [1.807, 2.05) is 39.0 Å². The fourth-order valence-corrected chi connectivity index (χ4v) is 3.62. The van der Waals surface area contributed by atoms with Gasteiger partial charge in [-0.3, -0.25) is 14.4 Å². The van der Waals surface area contributed by atoms with Crippen molar-refractivity contribution in [1.82, 2.24) is 9.55 Å². The molecule has 0 spiro atoms. The van der Waals surface area contributed by atoms with Crippen molar-refractivity contribution in [2.75, 3.05) is 0 Å². The zero-order valence-corrected chi connectivity index (χ0v) is 15.8. The Morgan fingerprint density at radius 2 is 1.96 bits per heavy atom. The molecule has 0 atom stereocenters. The second-order valence-corrected chi connectivity index (χ2v) is 7.37. The molecule has 4 nitrogen and oxygen atoms in total. The molecule has 6 heteroatoms. The van der Waals surface area contributed by atoms with Crippen LogP contribution in [0.4, 0.5) is 4.39 Å². The number of halogens is 1. The zero-order chi connectivity index (χ0) is 18.7. The highest BCUT2D eigenvalue weighted by molar-refractivity contribution is 7.13. The molecule has 0 bridgehead atoms. The molecule has 1 aromatic carbocycles. The number of hydrogen-bond acceptors (Lipinski definition) is 4. The summed E-state index contributed by atoms with van der Waals surface area (Å²) in [6.45, 7) is 5.78. The lowest BCUT2D eigenvalue weighted by molar-refractivity contribution is 0.0958. The van der Waals surface area contributed by atoms with Gasteiger partial charge in [-0.1, -0.05) is 18.2 Å². The van der Waals surface area contributed by atoms with Crippen molar-refractivity contribution in [2.24, 2.45) is 4.99 Å². The predicted octanol–water partition coefficient (Wildman–Crippen LogP) is 3.98. The Balaban J connectivity index is 1.92. The molecule has 2 aromatic heterocycles. The second-order valence-electron chi connectivity index (χ2n) is 6.28. The van der Waals surface area contributed by atoms with Crippen LogP contribution in [0.15, 0.2) is 53.7 Å². The van der Waals surface area contributed by atoms with E-state index in [-0.39, 0.29) is 17.8 Å². The van der Waals surface area contributed by atoms with Crippen LogP contribution in [-0.4, -0.2) is 21.5 Å². The smallest absolute Gasteiger partial charge is 0.267 e. The molecule has 0 unspecified atom stereocenters. The molecule has 3 aromatic rings. The minimum Gasteiger partial charge on any atom is -0.267 e. The summed E-state index contributed by atoms with van der Waals surface area (Å²) < 4.78 is 14.6. The van der Waals surface area contributed by atoms with Crippen molar-refractivity contribution >= 4 is 17.2 Å². The molecular formula is C20H20FN3OS. The highest BCUT2D eigenvalue weighted by atomic mass is 32.1. The van der Waals surface area contributed by atoms with Crippen LogP contribution in [0.3, 0.4) is 0 Å². The lowest BCUT2D eigenvalue weighted by Gasteiger charge is -2.06. The quantitative estimate of drug-likeness (QED) is 0.698. The third kappa shape index (κ3) is 4.14. The Hall–Kier alpha value is -2.60. The van der Waals surface area contributed by atoms with E-state index >= 15 is 0 Å². The van der Waals surface area contributed by atoms with Crippen LogP contribution in [0.2, 0.25) is 0 Å². The van der Waals surface area contributed by atoms with Gasteiger partial charge < -0.3 is 0 Å². The van der Waals surface area contributed by atoms with E-state index in [0.29, 0.717) is 22.5 Å². The summed E-state index contributed by atoms with van der Waals surface area (Å²) >= 11 is 1.37. The molecule has 0 fully saturated rings. The monoisotopic (exact) mass is 369 g/mol. The first-order chi connectivity index (χ1) is 12.4. The summed E-state index contributed by atoms with van der Waals surface area (Å²) in [7, 11) is 0. The fraction of sp³-hybridized carbons (Fsp3) is 0.250. The van der Waals surface area contributed by atoms with Crippen molar-refractivity contribution in [3.63, 3.8) is 0 Å². The molecular weight excluding hydrogens is 349 g/mol. The summed E-state index contributed by atoms with van der Waals surface area (Å²) in [5.41, 5.74) is 2.28. The lowest BCUT2D eigenvalue weighted by atomic mass is 10.1.